The molecular formula is C21H18N4O4. The van der Waals surface area contributed by atoms with Crippen LogP contribution in [0.15, 0.2) is 70.0 Å². The molecule has 1 N–H and O–H groups in total. The second-order valence-corrected chi connectivity index (χ2v) is 6.27. The standard InChI is InChI=1S/C21H18N4O4/c1-2-12-28-16-10-8-15(9-11-16)19-24-25-20(27)17(13-22-21(25)29-19)23-18(26)14-6-4-3-5-7-14/h3-11,13H,2,12H2,1H3,(H,23,26). The van der Waals surface area contributed by atoms with E-state index in [4.69, 9.17) is 9.15 Å². The summed E-state index contributed by atoms with van der Waals surface area (Å²) >= 11 is 0. The van der Waals surface area contributed by atoms with Crippen molar-refractivity contribution >= 4 is 17.4 Å². The Morgan fingerprint density at radius 1 is 1.14 bits per heavy atom. The van der Waals surface area contributed by atoms with Gasteiger partial charge in [0.15, 0.2) is 0 Å². The predicted octanol–water partition coefficient (Wildman–Crippen LogP) is 3.39. The zero-order chi connectivity index (χ0) is 20.2. The van der Waals surface area contributed by atoms with Gasteiger partial charge in [0.2, 0.25) is 5.89 Å². The van der Waals surface area contributed by atoms with Crippen LogP contribution >= 0.6 is 0 Å². The molecule has 0 aliphatic carbocycles. The average molecular weight is 390 g/mol. The number of hydrogen-bond donors (Lipinski definition) is 1. The Kier molecular flexibility index (Phi) is 5.07. The number of nitrogens with zero attached hydrogens (tertiary/aromatic N) is 3. The molecule has 2 aromatic carbocycles. The fourth-order valence-corrected chi connectivity index (χ4v) is 2.69. The highest BCUT2D eigenvalue weighted by atomic mass is 16.5. The predicted molar refractivity (Wildman–Crippen MR) is 107 cm³/mol. The van der Waals surface area contributed by atoms with Crippen LogP contribution in [0.1, 0.15) is 23.7 Å². The molecule has 0 aliphatic heterocycles. The number of fused-ring (bicyclic) bond motifs is 1. The van der Waals surface area contributed by atoms with Crippen LogP contribution in [0.4, 0.5) is 5.69 Å². The van der Waals surface area contributed by atoms with Gasteiger partial charge in [-0.1, -0.05) is 25.1 Å². The molecule has 0 unspecified atom stereocenters. The summed E-state index contributed by atoms with van der Waals surface area (Å²) in [6, 6.07) is 15.8. The quantitative estimate of drug-likeness (QED) is 0.542. The molecule has 1 amide bonds. The molecule has 0 saturated carbocycles. The average Bonchev–Trinajstić information content (AvgIpc) is 3.20. The zero-order valence-corrected chi connectivity index (χ0v) is 15.7. The minimum Gasteiger partial charge on any atom is -0.494 e. The number of ether oxygens (including phenoxy) is 1. The van der Waals surface area contributed by atoms with Crippen LogP contribution in [0.3, 0.4) is 0 Å². The number of anilines is 1. The van der Waals surface area contributed by atoms with Crippen molar-refractivity contribution in [3.8, 4) is 17.2 Å². The Balaban J connectivity index is 1.61. The molecule has 0 bridgehead atoms. The maximum atomic E-state index is 12.7. The first-order valence-corrected chi connectivity index (χ1v) is 9.14. The van der Waals surface area contributed by atoms with E-state index in [0.717, 1.165) is 16.7 Å². The molecule has 8 nitrogen and oxygen atoms in total. The van der Waals surface area contributed by atoms with Crippen LogP contribution in [0.25, 0.3) is 17.3 Å². The molecule has 0 fully saturated rings. The van der Waals surface area contributed by atoms with Crippen LogP contribution in [0.2, 0.25) is 0 Å². The Hall–Kier alpha value is -3.94. The maximum absolute atomic E-state index is 12.7. The Bertz CT molecular complexity index is 1200. The SMILES string of the molecule is CCCOc1ccc(-c2nn3c(=O)c(NC(=O)c4ccccc4)cnc3o2)cc1. The van der Waals surface area contributed by atoms with Crippen LogP contribution < -0.4 is 15.6 Å². The summed E-state index contributed by atoms with van der Waals surface area (Å²) in [5.41, 5.74) is 0.591. The summed E-state index contributed by atoms with van der Waals surface area (Å²) in [5.74, 6) is 0.612. The van der Waals surface area contributed by atoms with Gasteiger partial charge in [-0.2, -0.15) is 0 Å². The lowest BCUT2D eigenvalue weighted by molar-refractivity contribution is 0.102. The molecule has 4 aromatic rings. The van der Waals surface area contributed by atoms with Crippen molar-refractivity contribution in [3.05, 3.63) is 76.7 Å². The topological polar surface area (TPSA) is 98.7 Å². The van der Waals surface area contributed by atoms with Gasteiger partial charge in [0.25, 0.3) is 5.91 Å². The van der Waals surface area contributed by atoms with Crippen molar-refractivity contribution < 1.29 is 13.9 Å². The van der Waals surface area contributed by atoms with Crippen LogP contribution in [-0.2, 0) is 0 Å². The minimum absolute atomic E-state index is 0.0134. The van der Waals surface area contributed by atoms with Gasteiger partial charge in [-0.05, 0) is 42.8 Å². The molecule has 2 aromatic heterocycles. The lowest BCUT2D eigenvalue weighted by Crippen LogP contribution is -2.23. The van der Waals surface area contributed by atoms with E-state index < -0.39 is 11.5 Å². The Morgan fingerprint density at radius 3 is 2.62 bits per heavy atom. The second-order valence-electron chi connectivity index (χ2n) is 6.27. The largest absolute Gasteiger partial charge is 0.494 e. The van der Waals surface area contributed by atoms with Crippen LogP contribution in [0.5, 0.6) is 5.75 Å². The third-order valence-electron chi connectivity index (χ3n) is 4.15. The fourth-order valence-electron chi connectivity index (χ4n) is 2.69. The third-order valence-corrected chi connectivity index (χ3v) is 4.15. The number of rotatable bonds is 6. The number of benzene rings is 2. The maximum Gasteiger partial charge on any atom is 0.328 e. The van der Waals surface area contributed by atoms with Gasteiger partial charge in [-0.3, -0.25) is 9.59 Å². The van der Waals surface area contributed by atoms with Gasteiger partial charge in [0.05, 0.1) is 12.8 Å². The Labute approximate surface area is 165 Å². The number of aromatic nitrogens is 3. The molecule has 0 radical (unpaired) electrons. The number of nitrogens with one attached hydrogen (secondary N) is 1. The van der Waals surface area contributed by atoms with E-state index in [1.807, 2.05) is 19.1 Å². The van der Waals surface area contributed by atoms with Crippen LogP contribution in [0, 0.1) is 0 Å². The van der Waals surface area contributed by atoms with Gasteiger partial charge in [-0.15, -0.1) is 9.61 Å². The number of carbonyl (C=O) groups excluding carboxylic acids is 1. The molecule has 4 rings (SSSR count). The highest BCUT2D eigenvalue weighted by molar-refractivity contribution is 6.04. The van der Waals surface area contributed by atoms with E-state index in [1.165, 1.54) is 6.20 Å². The normalized spacial score (nSPS) is 10.8. The van der Waals surface area contributed by atoms with Gasteiger partial charge in [-0.25, -0.2) is 4.98 Å². The van der Waals surface area contributed by atoms with Gasteiger partial charge in [0, 0.05) is 11.1 Å². The molecule has 0 aliphatic rings. The van der Waals surface area contributed by atoms with E-state index >= 15 is 0 Å². The summed E-state index contributed by atoms with van der Waals surface area (Å²) in [7, 11) is 0. The molecule has 2 heterocycles. The first-order valence-electron chi connectivity index (χ1n) is 9.14. The number of carbonyl (C=O) groups is 1. The van der Waals surface area contributed by atoms with Crippen LogP contribution in [-0.4, -0.2) is 27.1 Å². The molecule has 0 saturated heterocycles. The monoisotopic (exact) mass is 390 g/mol. The van der Waals surface area contributed by atoms with Crippen molar-refractivity contribution in [3.63, 3.8) is 0 Å². The van der Waals surface area contributed by atoms with Gasteiger partial charge >= 0.3 is 11.4 Å². The minimum atomic E-state index is -0.530. The molecular weight excluding hydrogens is 372 g/mol. The number of amides is 1. The molecule has 0 spiro atoms. The number of hydrogen-bond acceptors (Lipinski definition) is 6. The van der Waals surface area contributed by atoms with Crippen molar-refractivity contribution in [2.75, 3.05) is 11.9 Å². The van der Waals surface area contributed by atoms with E-state index in [1.54, 1.807) is 42.5 Å². The third kappa shape index (κ3) is 3.86. The summed E-state index contributed by atoms with van der Waals surface area (Å²) in [4.78, 5) is 29.1. The van der Waals surface area contributed by atoms with Crippen molar-refractivity contribution in [1.82, 2.24) is 14.6 Å². The molecule has 8 heteroatoms. The van der Waals surface area contributed by atoms with E-state index in [0.29, 0.717) is 17.7 Å². The lowest BCUT2D eigenvalue weighted by Gasteiger charge is -2.03. The lowest BCUT2D eigenvalue weighted by atomic mass is 10.2. The van der Waals surface area contributed by atoms with Crippen molar-refractivity contribution in [2.45, 2.75) is 13.3 Å². The van der Waals surface area contributed by atoms with Gasteiger partial charge in [0.1, 0.15) is 11.4 Å². The molecule has 29 heavy (non-hydrogen) atoms. The fraction of sp³-hybridized carbons (Fsp3) is 0.143. The van der Waals surface area contributed by atoms with Crippen molar-refractivity contribution in [2.24, 2.45) is 0 Å². The molecule has 0 atom stereocenters. The highest BCUT2D eigenvalue weighted by Crippen LogP contribution is 2.22. The van der Waals surface area contributed by atoms with E-state index in [2.05, 4.69) is 15.4 Å². The summed E-state index contributed by atoms with van der Waals surface area (Å²) in [6.07, 6.45) is 2.18. The highest BCUT2D eigenvalue weighted by Gasteiger charge is 2.15. The first-order chi connectivity index (χ1) is 14.2. The van der Waals surface area contributed by atoms with Gasteiger partial charge < -0.3 is 14.5 Å². The zero-order valence-electron chi connectivity index (χ0n) is 15.7. The molecule has 146 valence electrons. The second kappa shape index (κ2) is 7.97. The van der Waals surface area contributed by atoms with E-state index in [-0.39, 0.29) is 17.4 Å². The first kappa shape index (κ1) is 18.4. The summed E-state index contributed by atoms with van der Waals surface area (Å²) in [5, 5.41) is 6.76. The smallest absolute Gasteiger partial charge is 0.328 e. The Morgan fingerprint density at radius 2 is 1.90 bits per heavy atom. The summed E-state index contributed by atoms with van der Waals surface area (Å²) < 4.78 is 12.2. The van der Waals surface area contributed by atoms with Crippen molar-refractivity contribution in [1.29, 1.82) is 0 Å². The summed E-state index contributed by atoms with van der Waals surface area (Å²) in [6.45, 7) is 2.67. The van der Waals surface area contributed by atoms with E-state index in [9.17, 15) is 9.59 Å².